The number of fused-ring (bicyclic) bond motifs is 1. The molecule has 5 rings (SSSR count). The lowest BCUT2D eigenvalue weighted by molar-refractivity contribution is -0.123. The highest BCUT2D eigenvalue weighted by molar-refractivity contribution is 7.22. The molecule has 6 nitrogen and oxygen atoms in total. The van der Waals surface area contributed by atoms with Crippen molar-refractivity contribution in [3.8, 4) is 5.75 Å². The molecule has 1 aliphatic heterocycles. The first kappa shape index (κ1) is 21.2. The van der Waals surface area contributed by atoms with E-state index in [2.05, 4.69) is 0 Å². The number of ether oxygens (including phenoxy) is 1. The number of nitrogens with zero attached hydrogens (tertiary/aromatic N) is 3. The first-order valence-electron chi connectivity index (χ1n) is 10.9. The van der Waals surface area contributed by atoms with Crippen LogP contribution in [0.4, 0.5) is 16.5 Å². The Labute approximate surface area is 196 Å². The molecule has 0 spiro atoms. The fourth-order valence-corrected chi connectivity index (χ4v) is 5.05. The molecule has 0 radical (unpaired) electrons. The molecule has 0 N–H and O–H groups in total. The number of aromatic nitrogens is 1. The lowest BCUT2D eigenvalue weighted by atomic mass is 10.1. The van der Waals surface area contributed by atoms with Crippen LogP contribution in [0.3, 0.4) is 0 Å². The molecule has 0 saturated carbocycles. The topological polar surface area (TPSA) is 62.7 Å². The van der Waals surface area contributed by atoms with Crippen molar-refractivity contribution < 1.29 is 14.3 Å². The number of thiazole rings is 1. The summed E-state index contributed by atoms with van der Waals surface area (Å²) in [5, 5.41) is 0.593. The van der Waals surface area contributed by atoms with Crippen molar-refractivity contribution in [2.24, 2.45) is 5.92 Å². The van der Waals surface area contributed by atoms with Gasteiger partial charge in [0.2, 0.25) is 11.8 Å². The SMILES string of the molecule is CCOc1ccc(N(C(=O)C2CC(=O)N(c3ccccc3)C2)c2nc3ccccc3s2)cc1. The van der Waals surface area contributed by atoms with Crippen molar-refractivity contribution in [3.05, 3.63) is 78.9 Å². The van der Waals surface area contributed by atoms with Crippen LogP contribution in [0.15, 0.2) is 78.9 Å². The molecule has 33 heavy (non-hydrogen) atoms. The van der Waals surface area contributed by atoms with E-state index in [0.29, 0.717) is 24.0 Å². The predicted molar refractivity (Wildman–Crippen MR) is 131 cm³/mol. The summed E-state index contributed by atoms with van der Waals surface area (Å²) in [7, 11) is 0. The van der Waals surface area contributed by atoms with Gasteiger partial charge in [0.05, 0.1) is 28.4 Å². The summed E-state index contributed by atoms with van der Waals surface area (Å²) in [5.41, 5.74) is 2.35. The van der Waals surface area contributed by atoms with E-state index >= 15 is 0 Å². The van der Waals surface area contributed by atoms with Gasteiger partial charge in [0, 0.05) is 18.7 Å². The number of rotatable bonds is 6. The maximum atomic E-state index is 13.8. The Kier molecular flexibility index (Phi) is 5.79. The molecule has 1 aromatic heterocycles. The molecule has 7 heteroatoms. The molecule has 4 aromatic rings. The van der Waals surface area contributed by atoms with Crippen LogP contribution in [0.2, 0.25) is 0 Å². The zero-order chi connectivity index (χ0) is 22.8. The number of benzene rings is 3. The van der Waals surface area contributed by atoms with Crippen molar-refractivity contribution in [1.82, 2.24) is 4.98 Å². The number of para-hydroxylation sites is 2. The van der Waals surface area contributed by atoms with Crippen molar-refractivity contribution >= 4 is 49.9 Å². The maximum Gasteiger partial charge on any atom is 0.238 e. The molecule has 1 atom stereocenters. The summed E-state index contributed by atoms with van der Waals surface area (Å²) in [6.45, 7) is 2.85. The second-order valence-electron chi connectivity index (χ2n) is 7.81. The van der Waals surface area contributed by atoms with Gasteiger partial charge in [0.25, 0.3) is 0 Å². The Hall–Kier alpha value is -3.71. The highest BCUT2D eigenvalue weighted by Crippen LogP contribution is 2.37. The summed E-state index contributed by atoms with van der Waals surface area (Å²) >= 11 is 1.46. The Bertz CT molecular complexity index is 1250. The third kappa shape index (κ3) is 4.19. The van der Waals surface area contributed by atoms with Crippen LogP contribution in [0.5, 0.6) is 5.75 Å². The summed E-state index contributed by atoms with van der Waals surface area (Å²) in [5.74, 6) is 0.0982. The van der Waals surface area contributed by atoms with Gasteiger partial charge in [-0.05, 0) is 55.5 Å². The average molecular weight is 458 g/mol. The van der Waals surface area contributed by atoms with Gasteiger partial charge in [-0.25, -0.2) is 4.98 Å². The molecule has 1 saturated heterocycles. The van der Waals surface area contributed by atoms with Crippen LogP contribution in [-0.2, 0) is 9.59 Å². The Balaban J connectivity index is 1.50. The zero-order valence-electron chi connectivity index (χ0n) is 18.2. The first-order valence-corrected chi connectivity index (χ1v) is 11.7. The van der Waals surface area contributed by atoms with E-state index in [1.54, 1.807) is 9.80 Å². The van der Waals surface area contributed by atoms with Gasteiger partial charge in [-0.2, -0.15) is 0 Å². The number of carbonyl (C=O) groups excluding carboxylic acids is 2. The molecule has 2 amide bonds. The first-order chi connectivity index (χ1) is 16.1. The van der Waals surface area contributed by atoms with E-state index in [-0.39, 0.29) is 18.2 Å². The number of anilines is 3. The van der Waals surface area contributed by atoms with E-state index in [1.807, 2.05) is 85.8 Å². The number of amides is 2. The van der Waals surface area contributed by atoms with Gasteiger partial charge < -0.3 is 9.64 Å². The lowest BCUT2D eigenvalue weighted by Crippen LogP contribution is -2.34. The Morgan fingerprint density at radius 3 is 2.52 bits per heavy atom. The van der Waals surface area contributed by atoms with Gasteiger partial charge in [-0.15, -0.1) is 0 Å². The zero-order valence-corrected chi connectivity index (χ0v) is 19.0. The average Bonchev–Trinajstić information content (AvgIpc) is 3.44. The molecule has 0 aliphatic carbocycles. The molecule has 166 valence electrons. The van der Waals surface area contributed by atoms with Crippen molar-refractivity contribution in [1.29, 1.82) is 0 Å². The van der Waals surface area contributed by atoms with Crippen LogP contribution in [-0.4, -0.2) is 29.9 Å². The van der Waals surface area contributed by atoms with Crippen LogP contribution < -0.4 is 14.5 Å². The Morgan fingerprint density at radius 1 is 1.06 bits per heavy atom. The second-order valence-corrected chi connectivity index (χ2v) is 8.81. The third-order valence-electron chi connectivity index (χ3n) is 5.64. The number of carbonyl (C=O) groups is 2. The second kappa shape index (κ2) is 9.03. The molecule has 3 aromatic carbocycles. The lowest BCUT2D eigenvalue weighted by Gasteiger charge is -2.23. The monoisotopic (exact) mass is 457 g/mol. The van der Waals surface area contributed by atoms with Gasteiger partial charge in [-0.3, -0.25) is 14.5 Å². The summed E-state index contributed by atoms with van der Waals surface area (Å²) in [6, 6.07) is 24.7. The summed E-state index contributed by atoms with van der Waals surface area (Å²) in [6.07, 6.45) is 0.173. The molecule has 0 bridgehead atoms. The number of hydrogen-bond donors (Lipinski definition) is 0. The largest absolute Gasteiger partial charge is 0.494 e. The molecular formula is C26H23N3O3S. The van der Waals surface area contributed by atoms with Crippen molar-refractivity contribution in [2.45, 2.75) is 13.3 Å². The van der Waals surface area contributed by atoms with Gasteiger partial charge in [0.1, 0.15) is 5.75 Å². The molecular weight excluding hydrogens is 434 g/mol. The van der Waals surface area contributed by atoms with Crippen LogP contribution in [0.25, 0.3) is 10.2 Å². The molecule has 1 aliphatic rings. The minimum atomic E-state index is -0.462. The van der Waals surface area contributed by atoms with Crippen LogP contribution >= 0.6 is 11.3 Å². The maximum absolute atomic E-state index is 13.8. The van der Waals surface area contributed by atoms with Gasteiger partial charge in [0.15, 0.2) is 5.13 Å². The third-order valence-corrected chi connectivity index (χ3v) is 6.66. The smallest absolute Gasteiger partial charge is 0.238 e. The molecule has 2 heterocycles. The summed E-state index contributed by atoms with van der Waals surface area (Å²) < 4.78 is 6.57. The van der Waals surface area contributed by atoms with E-state index in [1.165, 1.54) is 11.3 Å². The van der Waals surface area contributed by atoms with Gasteiger partial charge >= 0.3 is 0 Å². The van der Waals surface area contributed by atoms with Crippen molar-refractivity contribution in [3.63, 3.8) is 0 Å². The predicted octanol–water partition coefficient (Wildman–Crippen LogP) is 5.41. The van der Waals surface area contributed by atoms with E-state index < -0.39 is 5.92 Å². The fraction of sp³-hybridized carbons (Fsp3) is 0.192. The molecule has 1 fully saturated rings. The fourth-order valence-electron chi connectivity index (χ4n) is 4.06. The van der Waals surface area contributed by atoms with Crippen molar-refractivity contribution in [2.75, 3.05) is 23.0 Å². The van der Waals surface area contributed by atoms with Crippen LogP contribution in [0, 0.1) is 5.92 Å². The highest BCUT2D eigenvalue weighted by atomic mass is 32.1. The van der Waals surface area contributed by atoms with E-state index in [9.17, 15) is 9.59 Å². The minimum absolute atomic E-state index is 0.0458. The normalized spacial score (nSPS) is 15.7. The summed E-state index contributed by atoms with van der Waals surface area (Å²) in [4.78, 5) is 34.7. The van der Waals surface area contributed by atoms with Gasteiger partial charge in [-0.1, -0.05) is 41.7 Å². The van der Waals surface area contributed by atoms with E-state index in [0.717, 1.165) is 21.7 Å². The quantitative estimate of drug-likeness (QED) is 0.388. The number of hydrogen-bond acceptors (Lipinski definition) is 5. The van der Waals surface area contributed by atoms with Crippen LogP contribution in [0.1, 0.15) is 13.3 Å². The highest BCUT2D eigenvalue weighted by Gasteiger charge is 2.38. The van der Waals surface area contributed by atoms with E-state index in [4.69, 9.17) is 9.72 Å². The Morgan fingerprint density at radius 2 is 1.79 bits per heavy atom. The molecule has 1 unspecified atom stereocenters. The standard InChI is InChI=1S/C26H23N3O3S/c1-2-32-21-14-12-20(13-15-21)29(26-27-22-10-6-7-11-23(22)33-26)25(31)18-16-24(30)28(17-18)19-8-4-3-5-9-19/h3-15,18H,2,16-17H2,1H3. The minimum Gasteiger partial charge on any atom is -0.494 e.